The third-order valence-corrected chi connectivity index (χ3v) is 7.09. The van der Waals surface area contributed by atoms with Crippen LogP contribution in [0.3, 0.4) is 0 Å². The van der Waals surface area contributed by atoms with E-state index in [1.807, 2.05) is 26.0 Å². The Bertz CT molecular complexity index is 1820. The van der Waals surface area contributed by atoms with E-state index in [1.54, 1.807) is 26.0 Å². The number of hydrogen-bond acceptors (Lipinski definition) is 4. The molecule has 224 valence electrons. The van der Waals surface area contributed by atoms with Crippen molar-refractivity contribution < 1.29 is 31.1 Å². The zero-order chi connectivity index (χ0) is 31.3. The molecule has 0 fully saturated rings. The van der Waals surface area contributed by atoms with Crippen LogP contribution in [0.4, 0.5) is 32.0 Å². The highest BCUT2D eigenvalue weighted by atomic mass is 19.4. The molecule has 3 aromatic heterocycles. The van der Waals surface area contributed by atoms with Crippen LogP contribution in [-0.4, -0.2) is 30.3 Å². The van der Waals surface area contributed by atoms with Crippen molar-refractivity contribution in [1.29, 1.82) is 0 Å². The quantitative estimate of drug-likeness (QED) is 0.203. The van der Waals surface area contributed by atoms with E-state index in [9.17, 15) is 31.1 Å². The van der Waals surface area contributed by atoms with E-state index in [-0.39, 0.29) is 35.1 Å². The van der Waals surface area contributed by atoms with E-state index in [0.717, 1.165) is 30.0 Å². The highest BCUT2D eigenvalue weighted by Gasteiger charge is 2.36. The lowest BCUT2D eigenvalue weighted by atomic mass is 10.0. The molecule has 1 N–H and O–H groups in total. The Morgan fingerprint density at radius 1 is 0.953 bits per heavy atom. The summed E-state index contributed by atoms with van der Waals surface area (Å²) in [6.07, 6.45) is -8.28. The third kappa shape index (κ3) is 5.97. The second-order valence-corrected chi connectivity index (χ2v) is 10.5. The van der Waals surface area contributed by atoms with Crippen LogP contribution in [0.25, 0.3) is 16.9 Å². The molecule has 0 aliphatic heterocycles. The smallest absolute Gasteiger partial charge is 0.319 e. The average molecular weight is 601 g/mol. The number of benzene rings is 2. The maximum atomic E-state index is 14.1. The van der Waals surface area contributed by atoms with Crippen LogP contribution in [-0.2, 0) is 18.9 Å². The monoisotopic (exact) mass is 600 g/mol. The third-order valence-electron chi connectivity index (χ3n) is 7.09. The number of nitrogens with zero attached hydrogens (tertiary/aromatic N) is 5. The van der Waals surface area contributed by atoms with Crippen molar-refractivity contribution in [3.8, 4) is 11.3 Å². The second kappa shape index (κ2) is 10.9. The first kappa shape index (κ1) is 29.8. The van der Waals surface area contributed by atoms with E-state index < -0.39 is 29.5 Å². The van der Waals surface area contributed by atoms with Gasteiger partial charge < -0.3 is 5.32 Å². The Hall–Kier alpha value is -4.68. The first-order valence-electron chi connectivity index (χ1n) is 13.2. The van der Waals surface area contributed by atoms with Gasteiger partial charge in [0, 0.05) is 5.56 Å². The van der Waals surface area contributed by atoms with E-state index in [0.29, 0.717) is 27.0 Å². The highest BCUT2D eigenvalue weighted by molar-refractivity contribution is 6.08. The summed E-state index contributed by atoms with van der Waals surface area (Å²) in [5.41, 5.74) is 0.501. The first-order valence-corrected chi connectivity index (χ1v) is 13.2. The number of fused-ring (bicyclic) bond motifs is 1. The summed E-state index contributed by atoms with van der Waals surface area (Å²) in [6, 6.07) is 12.7. The molecule has 0 spiro atoms. The van der Waals surface area contributed by atoms with Crippen molar-refractivity contribution in [1.82, 2.24) is 24.4 Å². The van der Waals surface area contributed by atoms with E-state index in [4.69, 9.17) is 0 Å². The van der Waals surface area contributed by atoms with E-state index >= 15 is 0 Å². The maximum absolute atomic E-state index is 14.1. The van der Waals surface area contributed by atoms with Crippen molar-refractivity contribution in [2.45, 2.75) is 52.5 Å². The Morgan fingerprint density at radius 3 is 2.28 bits per heavy atom. The van der Waals surface area contributed by atoms with Gasteiger partial charge in [-0.05, 0) is 49.1 Å². The summed E-state index contributed by atoms with van der Waals surface area (Å²) in [5.74, 6) is -0.547. The van der Waals surface area contributed by atoms with Crippen LogP contribution < -0.4 is 5.32 Å². The van der Waals surface area contributed by atoms with Gasteiger partial charge >= 0.3 is 12.4 Å². The zero-order valence-electron chi connectivity index (χ0n) is 23.5. The Labute approximate surface area is 242 Å². The van der Waals surface area contributed by atoms with Crippen molar-refractivity contribution in [2.24, 2.45) is 0 Å². The summed E-state index contributed by atoms with van der Waals surface area (Å²) >= 11 is 0. The molecule has 13 heteroatoms. The van der Waals surface area contributed by atoms with E-state index in [2.05, 4.69) is 20.5 Å². The van der Waals surface area contributed by atoms with Crippen LogP contribution in [0, 0.1) is 13.8 Å². The molecule has 2 aromatic carbocycles. The minimum Gasteiger partial charge on any atom is -0.319 e. The van der Waals surface area contributed by atoms with Gasteiger partial charge in [-0.15, -0.1) is 0 Å². The number of aromatic nitrogens is 5. The van der Waals surface area contributed by atoms with Gasteiger partial charge in [0.2, 0.25) is 0 Å². The lowest BCUT2D eigenvalue weighted by Crippen LogP contribution is -2.16. The summed E-state index contributed by atoms with van der Waals surface area (Å²) in [4.78, 5) is 17.8. The zero-order valence-corrected chi connectivity index (χ0v) is 23.5. The first-order chi connectivity index (χ1) is 20.1. The number of rotatable bonds is 6. The summed E-state index contributed by atoms with van der Waals surface area (Å²) in [5, 5.41) is 10.8. The number of alkyl halides is 6. The molecule has 0 bridgehead atoms. The van der Waals surface area contributed by atoms with Crippen molar-refractivity contribution in [3.63, 3.8) is 0 Å². The number of anilines is 1. The Kier molecular flexibility index (Phi) is 7.53. The largest absolute Gasteiger partial charge is 0.433 e. The molecule has 0 saturated heterocycles. The molecule has 5 aromatic rings. The minimum absolute atomic E-state index is 0.00135. The molecule has 1 amide bonds. The van der Waals surface area contributed by atoms with Gasteiger partial charge in [-0.2, -0.15) is 36.5 Å². The number of hydrogen-bond donors (Lipinski definition) is 1. The lowest BCUT2D eigenvalue weighted by molar-refractivity contribution is -0.142. The fraction of sp³-hybridized carbons (Fsp3) is 0.267. The number of nitrogens with one attached hydrogen (secondary N) is 1. The van der Waals surface area contributed by atoms with Crippen molar-refractivity contribution >= 4 is 17.2 Å². The van der Waals surface area contributed by atoms with Gasteiger partial charge in [0.15, 0.2) is 11.3 Å². The standard InChI is InChI=1S/C30H26F6N6O/c1-16(2)20-8-10-21(11-9-20)24-13-25(30(34,35)36)42-27(38-24)23(14-37-42)28(43)39-26-17(3)40-41(18(26)4)15-19-6-5-7-22(12-19)29(31,32)33/h5-14,16H,15H2,1-4H3,(H,39,43). The molecule has 0 radical (unpaired) electrons. The van der Waals surface area contributed by atoms with E-state index in [1.165, 1.54) is 16.8 Å². The molecular weight excluding hydrogens is 574 g/mol. The molecule has 5 rings (SSSR count). The van der Waals surface area contributed by atoms with Crippen LogP contribution in [0.15, 0.2) is 60.8 Å². The summed E-state index contributed by atoms with van der Waals surface area (Å²) in [6.45, 7) is 7.21. The minimum atomic E-state index is -4.79. The topological polar surface area (TPSA) is 77.1 Å². The molecule has 7 nitrogen and oxygen atoms in total. The highest BCUT2D eigenvalue weighted by Crippen LogP contribution is 2.34. The molecule has 0 unspecified atom stereocenters. The van der Waals surface area contributed by atoms with Crippen LogP contribution in [0.1, 0.15) is 63.9 Å². The van der Waals surface area contributed by atoms with Crippen molar-refractivity contribution in [3.05, 3.63) is 100 Å². The molecular formula is C30H26F6N6O. The van der Waals surface area contributed by atoms with Gasteiger partial charge in [-0.25, -0.2) is 9.50 Å². The normalized spacial score (nSPS) is 12.3. The SMILES string of the molecule is Cc1nn(Cc2cccc(C(F)(F)F)c2)c(C)c1NC(=O)c1cnn2c(C(F)(F)F)cc(-c3ccc(C(C)C)cc3)nc12. The molecule has 0 aliphatic carbocycles. The van der Waals surface area contributed by atoms with Crippen LogP contribution in [0.5, 0.6) is 0 Å². The predicted molar refractivity (Wildman–Crippen MR) is 148 cm³/mol. The van der Waals surface area contributed by atoms with Crippen LogP contribution in [0.2, 0.25) is 0 Å². The molecule has 0 saturated carbocycles. The fourth-order valence-corrected chi connectivity index (χ4v) is 4.74. The van der Waals surface area contributed by atoms with Gasteiger partial charge in [0.25, 0.3) is 5.91 Å². The van der Waals surface area contributed by atoms with Gasteiger partial charge in [0.05, 0.1) is 41.1 Å². The van der Waals surface area contributed by atoms with Crippen molar-refractivity contribution in [2.75, 3.05) is 5.32 Å². The maximum Gasteiger partial charge on any atom is 0.433 e. The predicted octanol–water partition coefficient (Wildman–Crippen LogP) is 7.67. The van der Waals surface area contributed by atoms with Gasteiger partial charge in [-0.1, -0.05) is 50.2 Å². The molecule has 3 heterocycles. The summed E-state index contributed by atoms with van der Waals surface area (Å²) in [7, 11) is 0. The molecule has 0 atom stereocenters. The lowest BCUT2D eigenvalue weighted by Gasteiger charge is -2.12. The number of carbonyl (C=O) groups is 1. The number of amides is 1. The number of halogens is 6. The summed E-state index contributed by atoms with van der Waals surface area (Å²) < 4.78 is 83.7. The Morgan fingerprint density at radius 2 is 1.65 bits per heavy atom. The second-order valence-electron chi connectivity index (χ2n) is 10.5. The number of aryl methyl sites for hydroxylation is 1. The fourth-order valence-electron chi connectivity index (χ4n) is 4.74. The van der Waals surface area contributed by atoms with Gasteiger partial charge in [-0.3, -0.25) is 9.48 Å². The average Bonchev–Trinajstić information content (AvgIpc) is 3.48. The molecule has 0 aliphatic rings. The van der Waals surface area contributed by atoms with Crippen LogP contribution >= 0.6 is 0 Å². The number of carbonyl (C=O) groups excluding carboxylic acids is 1. The Balaban J connectivity index is 1.49. The molecule has 43 heavy (non-hydrogen) atoms. The van der Waals surface area contributed by atoms with Gasteiger partial charge in [0.1, 0.15) is 5.56 Å².